The van der Waals surface area contributed by atoms with Gasteiger partial charge in [-0.2, -0.15) is 0 Å². The largest absolute Gasteiger partial charge is 0.326 e. The normalized spacial score (nSPS) is 14.3. The highest BCUT2D eigenvalue weighted by Gasteiger charge is 2.25. The van der Waals surface area contributed by atoms with Gasteiger partial charge in [-0.25, -0.2) is 0 Å². The third-order valence-electron chi connectivity index (χ3n) is 3.81. The van der Waals surface area contributed by atoms with E-state index in [1.165, 1.54) is 10.4 Å². The number of hydrogen-bond donors (Lipinski definition) is 1. The first-order valence-corrected chi connectivity index (χ1v) is 8.69. The number of nitrogens with zero attached hydrogens (tertiary/aromatic N) is 1. The van der Waals surface area contributed by atoms with Crippen molar-refractivity contribution in [3.05, 3.63) is 57.2 Å². The molecule has 2 nitrogen and oxygen atoms in total. The van der Waals surface area contributed by atoms with Crippen molar-refractivity contribution < 1.29 is 0 Å². The summed E-state index contributed by atoms with van der Waals surface area (Å²) in [6, 6.07) is 12.7. The molecule has 2 unspecified atom stereocenters. The number of rotatable bonds is 7. The van der Waals surface area contributed by atoms with Crippen LogP contribution in [0.5, 0.6) is 0 Å². The van der Waals surface area contributed by atoms with Crippen LogP contribution in [0.3, 0.4) is 0 Å². The van der Waals surface area contributed by atoms with Crippen molar-refractivity contribution in [3.8, 4) is 0 Å². The molecule has 0 fully saturated rings. The molecular formula is C17H23ClN2S. The van der Waals surface area contributed by atoms with Crippen molar-refractivity contribution in [1.29, 1.82) is 0 Å². The van der Waals surface area contributed by atoms with Gasteiger partial charge in [-0.05, 0) is 42.1 Å². The minimum atomic E-state index is 0.100. The molecule has 0 aliphatic heterocycles. The Kier molecular flexibility index (Phi) is 6.24. The van der Waals surface area contributed by atoms with Gasteiger partial charge >= 0.3 is 0 Å². The average Bonchev–Trinajstić information content (AvgIpc) is 2.99. The fourth-order valence-corrected chi connectivity index (χ4v) is 3.58. The maximum absolute atomic E-state index is 6.42. The van der Waals surface area contributed by atoms with Crippen molar-refractivity contribution in [2.24, 2.45) is 5.73 Å². The lowest BCUT2D eigenvalue weighted by Crippen LogP contribution is -2.40. The Morgan fingerprint density at radius 2 is 2.05 bits per heavy atom. The highest BCUT2D eigenvalue weighted by atomic mass is 35.5. The first-order chi connectivity index (χ1) is 10.2. The standard InChI is InChI=1S/C17H23ClN2S/c1-3-16(19)17(13-7-5-8-14(18)11-13)20(4-2)12-15-9-6-10-21-15/h5-11,16-17H,3-4,12,19H2,1-2H3. The van der Waals surface area contributed by atoms with Gasteiger partial charge in [0.15, 0.2) is 0 Å². The number of hydrogen-bond acceptors (Lipinski definition) is 3. The van der Waals surface area contributed by atoms with E-state index >= 15 is 0 Å². The van der Waals surface area contributed by atoms with E-state index in [2.05, 4.69) is 42.3 Å². The Labute approximate surface area is 136 Å². The highest BCUT2D eigenvalue weighted by molar-refractivity contribution is 7.09. The molecule has 0 amide bonds. The summed E-state index contributed by atoms with van der Waals surface area (Å²) in [5, 5.41) is 2.89. The molecule has 0 spiro atoms. The van der Waals surface area contributed by atoms with Crippen molar-refractivity contribution in [3.63, 3.8) is 0 Å². The van der Waals surface area contributed by atoms with Gasteiger partial charge in [0.2, 0.25) is 0 Å². The van der Waals surface area contributed by atoms with Gasteiger partial charge in [0, 0.05) is 22.5 Å². The van der Waals surface area contributed by atoms with E-state index in [4.69, 9.17) is 17.3 Å². The van der Waals surface area contributed by atoms with Crippen LogP contribution in [0.2, 0.25) is 5.02 Å². The molecule has 2 aromatic rings. The second kappa shape index (κ2) is 7.95. The number of thiophene rings is 1. The van der Waals surface area contributed by atoms with Crippen molar-refractivity contribution in [2.75, 3.05) is 6.54 Å². The van der Waals surface area contributed by atoms with Gasteiger partial charge in [-0.1, -0.05) is 43.6 Å². The van der Waals surface area contributed by atoms with Crippen molar-refractivity contribution in [1.82, 2.24) is 4.90 Å². The molecule has 0 aliphatic rings. The van der Waals surface area contributed by atoms with E-state index in [0.717, 1.165) is 24.5 Å². The molecule has 114 valence electrons. The predicted molar refractivity (Wildman–Crippen MR) is 92.9 cm³/mol. The highest BCUT2D eigenvalue weighted by Crippen LogP contribution is 2.29. The fraction of sp³-hybridized carbons (Fsp3) is 0.412. The average molecular weight is 323 g/mol. The van der Waals surface area contributed by atoms with E-state index in [9.17, 15) is 0 Å². The molecule has 21 heavy (non-hydrogen) atoms. The Balaban J connectivity index is 2.29. The summed E-state index contributed by atoms with van der Waals surface area (Å²) in [6.45, 7) is 6.22. The summed E-state index contributed by atoms with van der Waals surface area (Å²) in [7, 11) is 0. The summed E-state index contributed by atoms with van der Waals surface area (Å²) >= 11 is 7.96. The van der Waals surface area contributed by atoms with Gasteiger partial charge in [0.1, 0.15) is 0 Å². The first kappa shape index (κ1) is 16.5. The Hall–Kier alpha value is -0.870. The molecule has 0 saturated heterocycles. The minimum absolute atomic E-state index is 0.100. The summed E-state index contributed by atoms with van der Waals surface area (Å²) in [5.41, 5.74) is 7.63. The molecule has 0 bridgehead atoms. The second-order valence-corrected chi connectivity index (χ2v) is 6.68. The Morgan fingerprint density at radius 3 is 2.62 bits per heavy atom. The zero-order chi connectivity index (χ0) is 15.2. The number of halogens is 1. The predicted octanol–water partition coefficient (Wildman–Crippen LogP) is 4.70. The van der Waals surface area contributed by atoms with Crippen LogP contribution in [-0.2, 0) is 6.54 Å². The summed E-state index contributed by atoms with van der Waals surface area (Å²) in [6.07, 6.45) is 0.943. The summed E-state index contributed by atoms with van der Waals surface area (Å²) in [5.74, 6) is 0. The van der Waals surface area contributed by atoms with Gasteiger partial charge < -0.3 is 5.73 Å². The van der Waals surface area contributed by atoms with Crippen LogP contribution in [0.4, 0.5) is 0 Å². The van der Waals surface area contributed by atoms with E-state index in [1.807, 2.05) is 18.2 Å². The van der Waals surface area contributed by atoms with Crippen molar-refractivity contribution in [2.45, 2.75) is 38.9 Å². The van der Waals surface area contributed by atoms with E-state index < -0.39 is 0 Å². The van der Waals surface area contributed by atoms with Crippen LogP contribution in [0.15, 0.2) is 41.8 Å². The molecule has 2 rings (SSSR count). The van der Waals surface area contributed by atoms with Gasteiger partial charge in [-0.3, -0.25) is 4.90 Å². The molecule has 0 radical (unpaired) electrons. The zero-order valence-electron chi connectivity index (χ0n) is 12.6. The lowest BCUT2D eigenvalue weighted by Gasteiger charge is -2.34. The van der Waals surface area contributed by atoms with Gasteiger partial charge in [-0.15, -0.1) is 11.3 Å². The molecule has 0 aliphatic carbocycles. The van der Waals surface area contributed by atoms with Crippen LogP contribution in [-0.4, -0.2) is 17.5 Å². The minimum Gasteiger partial charge on any atom is -0.326 e. The van der Waals surface area contributed by atoms with Crippen LogP contribution < -0.4 is 5.73 Å². The molecule has 0 saturated carbocycles. The Bertz CT molecular complexity index is 541. The molecule has 2 atom stereocenters. The third-order valence-corrected chi connectivity index (χ3v) is 4.90. The van der Waals surface area contributed by atoms with Crippen LogP contribution >= 0.6 is 22.9 Å². The molecular weight excluding hydrogens is 300 g/mol. The maximum Gasteiger partial charge on any atom is 0.0503 e. The zero-order valence-corrected chi connectivity index (χ0v) is 14.2. The van der Waals surface area contributed by atoms with Crippen LogP contribution in [0.25, 0.3) is 0 Å². The van der Waals surface area contributed by atoms with E-state index in [1.54, 1.807) is 11.3 Å². The number of benzene rings is 1. The van der Waals surface area contributed by atoms with E-state index in [-0.39, 0.29) is 12.1 Å². The molecule has 1 aromatic heterocycles. The van der Waals surface area contributed by atoms with E-state index in [0.29, 0.717) is 0 Å². The molecule has 2 N–H and O–H groups in total. The van der Waals surface area contributed by atoms with Crippen molar-refractivity contribution >= 4 is 22.9 Å². The molecule has 4 heteroatoms. The lowest BCUT2D eigenvalue weighted by atomic mass is 9.96. The van der Waals surface area contributed by atoms with Gasteiger partial charge in [0.25, 0.3) is 0 Å². The topological polar surface area (TPSA) is 29.3 Å². The monoisotopic (exact) mass is 322 g/mol. The fourth-order valence-electron chi connectivity index (χ4n) is 2.65. The summed E-state index contributed by atoms with van der Waals surface area (Å²) in [4.78, 5) is 3.80. The summed E-state index contributed by atoms with van der Waals surface area (Å²) < 4.78 is 0. The third kappa shape index (κ3) is 4.30. The number of likely N-dealkylation sites (N-methyl/N-ethyl adjacent to an activating group) is 1. The van der Waals surface area contributed by atoms with Crippen LogP contribution in [0, 0.1) is 0 Å². The second-order valence-electron chi connectivity index (χ2n) is 5.21. The molecule has 1 aromatic carbocycles. The lowest BCUT2D eigenvalue weighted by molar-refractivity contribution is 0.171. The Morgan fingerprint density at radius 1 is 1.24 bits per heavy atom. The first-order valence-electron chi connectivity index (χ1n) is 7.43. The SMILES string of the molecule is CCC(N)C(c1cccc(Cl)c1)N(CC)Cc1cccs1. The maximum atomic E-state index is 6.42. The molecule has 1 heterocycles. The van der Waals surface area contributed by atoms with Crippen LogP contribution in [0.1, 0.15) is 36.8 Å². The quantitative estimate of drug-likeness (QED) is 0.800. The van der Waals surface area contributed by atoms with Gasteiger partial charge in [0.05, 0.1) is 6.04 Å². The number of nitrogens with two attached hydrogens (primary N) is 1. The smallest absolute Gasteiger partial charge is 0.0503 e.